The Balaban J connectivity index is 2.06. The number of nitrogens with one attached hydrogen (secondary N) is 2. The SMILES string of the molecule is COc1cc(Nc2nc(Cl)nc3nc[nH]c23)cc(OC)c1OC. The van der Waals surface area contributed by atoms with Gasteiger partial charge in [0.05, 0.1) is 27.7 Å². The van der Waals surface area contributed by atoms with Crippen LogP contribution in [0.1, 0.15) is 0 Å². The van der Waals surface area contributed by atoms with Crippen LogP contribution in [0.15, 0.2) is 18.5 Å². The molecule has 0 bridgehead atoms. The summed E-state index contributed by atoms with van der Waals surface area (Å²) in [6, 6.07) is 3.53. The minimum atomic E-state index is 0.0968. The molecule has 0 aliphatic carbocycles. The van der Waals surface area contributed by atoms with Crippen molar-refractivity contribution in [3.05, 3.63) is 23.7 Å². The summed E-state index contributed by atoms with van der Waals surface area (Å²) < 4.78 is 16.0. The van der Waals surface area contributed by atoms with E-state index < -0.39 is 0 Å². The van der Waals surface area contributed by atoms with Gasteiger partial charge in [-0.05, 0) is 11.6 Å². The minimum absolute atomic E-state index is 0.0968. The lowest BCUT2D eigenvalue weighted by molar-refractivity contribution is 0.324. The Labute approximate surface area is 136 Å². The maximum absolute atomic E-state index is 5.93. The molecule has 2 aromatic heterocycles. The fourth-order valence-corrected chi connectivity index (χ4v) is 2.35. The second-order valence-electron chi connectivity index (χ2n) is 4.48. The fourth-order valence-electron chi connectivity index (χ4n) is 2.19. The summed E-state index contributed by atoms with van der Waals surface area (Å²) in [5.74, 6) is 2.05. The van der Waals surface area contributed by atoms with Crippen LogP contribution in [0.3, 0.4) is 0 Å². The van der Waals surface area contributed by atoms with Crippen molar-refractivity contribution in [2.45, 2.75) is 0 Å². The van der Waals surface area contributed by atoms with Crippen molar-refractivity contribution < 1.29 is 14.2 Å². The van der Waals surface area contributed by atoms with Gasteiger partial charge in [-0.1, -0.05) is 0 Å². The zero-order valence-electron chi connectivity index (χ0n) is 12.7. The number of anilines is 2. The molecular formula is C14H14ClN5O3. The first-order valence-corrected chi connectivity index (χ1v) is 6.97. The zero-order chi connectivity index (χ0) is 16.4. The van der Waals surface area contributed by atoms with Crippen LogP contribution in [-0.2, 0) is 0 Å². The average Bonchev–Trinajstić information content (AvgIpc) is 3.02. The van der Waals surface area contributed by atoms with E-state index in [4.69, 9.17) is 25.8 Å². The number of hydrogen-bond donors (Lipinski definition) is 2. The van der Waals surface area contributed by atoms with Gasteiger partial charge >= 0.3 is 0 Å². The van der Waals surface area contributed by atoms with Crippen molar-refractivity contribution in [1.82, 2.24) is 19.9 Å². The number of aromatic nitrogens is 4. The van der Waals surface area contributed by atoms with E-state index in [1.165, 1.54) is 6.33 Å². The highest BCUT2D eigenvalue weighted by Gasteiger charge is 2.15. The molecule has 0 saturated carbocycles. The lowest BCUT2D eigenvalue weighted by Gasteiger charge is -2.15. The van der Waals surface area contributed by atoms with Gasteiger partial charge in [-0.2, -0.15) is 9.97 Å². The number of aromatic amines is 1. The minimum Gasteiger partial charge on any atom is -0.493 e. The van der Waals surface area contributed by atoms with E-state index in [2.05, 4.69) is 25.3 Å². The van der Waals surface area contributed by atoms with Crippen LogP contribution in [0.4, 0.5) is 11.5 Å². The Hall–Kier alpha value is -2.74. The van der Waals surface area contributed by atoms with Gasteiger partial charge in [-0.3, -0.25) is 0 Å². The second-order valence-corrected chi connectivity index (χ2v) is 4.82. The predicted octanol–water partition coefficient (Wildman–Crippen LogP) is 2.78. The van der Waals surface area contributed by atoms with E-state index in [0.29, 0.717) is 39.9 Å². The lowest BCUT2D eigenvalue weighted by Crippen LogP contribution is -2.00. The Bertz CT molecular complexity index is 827. The Morgan fingerprint density at radius 1 is 1.04 bits per heavy atom. The molecule has 0 spiro atoms. The fraction of sp³-hybridized carbons (Fsp3) is 0.214. The first-order chi connectivity index (χ1) is 11.2. The average molecular weight is 336 g/mol. The number of methoxy groups -OCH3 is 3. The highest BCUT2D eigenvalue weighted by atomic mass is 35.5. The molecule has 0 aliphatic rings. The van der Waals surface area contributed by atoms with Crippen molar-refractivity contribution in [2.24, 2.45) is 0 Å². The van der Waals surface area contributed by atoms with Crippen LogP contribution >= 0.6 is 11.6 Å². The molecule has 23 heavy (non-hydrogen) atoms. The summed E-state index contributed by atoms with van der Waals surface area (Å²) in [5.41, 5.74) is 1.80. The molecule has 0 radical (unpaired) electrons. The molecule has 3 aromatic rings. The molecule has 2 heterocycles. The molecule has 0 atom stereocenters. The van der Waals surface area contributed by atoms with Crippen LogP contribution in [0.5, 0.6) is 17.2 Å². The van der Waals surface area contributed by atoms with Gasteiger partial charge in [0.25, 0.3) is 0 Å². The summed E-state index contributed by atoms with van der Waals surface area (Å²) in [7, 11) is 4.65. The van der Waals surface area contributed by atoms with Crippen LogP contribution in [0.25, 0.3) is 11.2 Å². The van der Waals surface area contributed by atoms with E-state index in [0.717, 1.165) is 0 Å². The molecular weight excluding hydrogens is 322 g/mol. The van der Waals surface area contributed by atoms with Crippen molar-refractivity contribution in [2.75, 3.05) is 26.6 Å². The van der Waals surface area contributed by atoms with Gasteiger partial charge in [-0.25, -0.2) is 4.98 Å². The molecule has 9 heteroatoms. The maximum atomic E-state index is 5.93. The number of halogens is 1. The van der Waals surface area contributed by atoms with Crippen molar-refractivity contribution in [3.63, 3.8) is 0 Å². The molecule has 0 unspecified atom stereocenters. The topological polar surface area (TPSA) is 94.2 Å². The van der Waals surface area contributed by atoms with Crippen LogP contribution in [0, 0.1) is 0 Å². The third-order valence-electron chi connectivity index (χ3n) is 3.19. The first kappa shape index (κ1) is 15.2. The number of benzene rings is 1. The normalized spacial score (nSPS) is 10.6. The van der Waals surface area contributed by atoms with Crippen LogP contribution in [0.2, 0.25) is 5.28 Å². The number of ether oxygens (including phenoxy) is 3. The molecule has 3 rings (SSSR count). The quantitative estimate of drug-likeness (QED) is 0.692. The number of rotatable bonds is 5. The molecule has 120 valence electrons. The molecule has 0 fully saturated rings. The predicted molar refractivity (Wildman–Crippen MR) is 86.1 cm³/mol. The number of nitrogens with zero attached hydrogens (tertiary/aromatic N) is 3. The Kier molecular flexibility index (Phi) is 4.07. The monoisotopic (exact) mass is 335 g/mol. The van der Waals surface area contributed by atoms with Crippen LogP contribution < -0.4 is 19.5 Å². The van der Waals surface area contributed by atoms with Gasteiger partial charge in [0.15, 0.2) is 23.0 Å². The lowest BCUT2D eigenvalue weighted by atomic mass is 10.2. The Morgan fingerprint density at radius 3 is 2.35 bits per heavy atom. The third-order valence-corrected chi connectivity index (χ3v) is 3.35. The molecule has 1 aromatic carbocycles. The summed E-state index contributed by atoms with van der Waals surface area (Å²) in [6.07, 6.45) is 1.52. The van der Waals surface area contributed by atoms with Crippen molar-refractivity contribution >= 4 is 34.3 Å². The second kappa shape index (κ2) is 6.17. The number of H-pyrrole nitrogens is 1. The van der Waals surface area contributed by atoms with Gasteiger partial charge in [0.2, 0.25) is 11.0 Å². The van der Waals surface area contributed by atoms with Gasteiger partial charge in [0, 0.05) is 17.8 Å². The van der Waals surface area contributed by atoms with E-state index in [1.54, 1.807) is 33.5 Å². The molecule has 2 N–H and O–H groups in total. The smallest absolute Gasteiger partial charge is 0.226 e. The van der Waals surface area contributed by atoms with E-state index >= 15 is 0 Å². The molecule has 0 saturated heterocycles. The van der Waals surface area contributed by atoms with Crippen molar-refractivity contribution in [3.8, 4) is 17.2 Å². The van der Waals surface area contributed by atoms with Gasteiger partial charge in [0.1, 0.15) is 5.52 Å². The molecule has 0 aliphatic heterocycles. The number of imidazole rings is 1. The zero-order valence-corrected chi connectivity index (χ0v) is 13.4. The largest absolute Gasteiger partial charge is 0.493 e. The maximum Gasteiger partial charge on any atom is 0.226 e. The van der Waals surface area contributed by atoms with Crippen LogP contribution in [-0.4, -0.2) is 41.3 Å². The number of fused-ring (bicyclic) bond motifs is 1. The highest BCUT2D eigenvalue weighted by molar-refractivity contribution is 6.28. The van der Waals surface area contributed by atoms with E-state index in [-0.39, 0.29) is 5.28 Å². The first-order valence-electron chi connectivity index (χ1n) is 6.60. The summed E-state index contributed by atoms with van der Waals surface area (Å²) >= 11 is 5.93. The molecule has 8 nitrogen and oxygen atoms in total. The van der Waals surface area contributed by atoms with Gasteiger partial charge < -0.3 is 24.5 Å². The summed E-state index contributed by atoms with van der Waals surface area (Å²) in [6.45, 7) is 0. The van der Waals surface area contributed by atoms with Gasteiger partial charge in [-0.15, -0.1) is 0 Å². The molecule has 0 amide bonds. The van der Waals surface area contributed by atoms with E-state index in [9.17, 15) is 0 Å². The summed E-state index contributed by atoms with van der Waals surface area (Å²) in [4.78, 5) is 15.3. The highest BCUT2D eigenvalue weighted by Crippen LogP contribution is 2.40. The van der Waals surface area contributed by atoms with Crippen molar-refractivity contribution in [1.29, 1.82) is 0 Å². The standard InChI is InChI=1S/C14H14ClN5O3/c1-21-8-4-7(5-9(22-2)11(8)23-3)18-13-10-12(17-6-16-10)19-14(15)20-13/h4-6H,1-3H3,(H2,16,17,18,19,20). The third kappa shape index (κ3) is 2.80. The summed E-state index contributed by atoms with van der Waals surface area (Å²) in [5, 5.41) is 3.25. The Morgan fingerprint density at radius 2 is 1.74 bits per heavy atom. The van der Waals surface area contributed by atoms with E-state index in [1.807, 2.05) is 0 Å². The number of hydrogen-bond acceptors (Lipinski definition) is 7.